The SMILES string of the molecule is Cc1ccccc1-c1ccc(Cl)cc1.Cc1ccccc1-c1ccccc1. The molecule has 0 amide bonds. The van der Waals surface area contributed by atoms with Gasteiger partial charge in [-0.25, -0.2) is 0 Å². The average molecular weight is 371 g/mol. The lowest BCUT2D eigenvalue weighted by Crippen LogP contribution is -1.81. The Kier molecular flexibility index (Phi) is 6.46. The van der Waals surface area contributed by atoms with Crippen LogP contribution in [0.15, 0.2) is 103 Å². The summed E-state index contributed by atoms with van der Waals surface area (Å²) >= 11 is 5.84. The van der Waals surface area contributed by atoms with Crippen molar-refractivity contribution in [2.24, 2.45) is 0 Å². The summed E-state index contributed by atoms with van der Waals surface area (Å²) in [7, 11) is 0. The molecule has 0 aliphatic carbocycles. The highest BCUT2D eigenvalue weighted by atomic mass is 35.5. The van der Waals surface area contributed by atoms with Crippen molar-refractivity contribution < 1.29 is 0 Å². The first kappa shape index (κ1) is 18.9. The van der Waals surface area contributed by atoms with Gasteiger partial charge in [-0.15, -0.1) is 0 Å². The second-order valence-electron chi connectivity index (χ2n) is 6.50. The molecule has 4 rings (SSSR count). The number of rotatable bonds is 2. The van der Waals surface area contributed by atoms with Crippen molar-refractivity contribution in [3.05, 3.63) is 119 Å². The minimum absolute atomic E-state index is 0.780. The highest BCUT2D eigenvalue weighted by molar-refractivity contribution is 6.30. The molecule has 0 fully saturated rings. The summed E-state index contributed by atoms with van der Waals surface area (Å²) in [5.74, 6) is 0. The number of hydrogen-bond acceptors (Lipinski definition) is 0. The maximum absolute atomic E-state index is 5.84. The first-order chi connectivity index (χ1) is 13.1. The fraction of sp³-hybridized carbons (Fsp3) is 0.0769. The van der Waals surface area contributed by atoms with Gasteiger partial charge in [-0.2, -0.15) is 0 Å². The molecule has 0 aromatic heterocycles. The van der Waals surface area contributed by atoms with Crippen LogP contribution in [0.2, 0.25) is 5.02 Å². The average Bonchev–Trinajstić information content (AvgIpc) is 2.71. The van der Waals surface area contributed by atoms with Crippen LogP contribution in [0.4, 0.5) is 0 Å². The van der Waals surface area contributed by atoms with Crippen molar-refractivity contribution in [1.29, 1.82) is 0 Å². The number of benzene rings is 4. The minimum Gasteiger partial charge on any atom is -0.0843 e. The monoisotopic (exact) mass is 370 g/mol. The molecule has 27 heavy (non-hydrogen) atoms. The standard InChI is InChI=1S/C13H11Cl.C13H12/c1-10-4-2-3-5-13(10)11-6-8-12(14)9-7-11;1-11-7-5-6-10-13(11)12-8-3-2-4-9-12/h2-9H,1H3;2-10H,1H3. The van der Waals surface area contributed by atoms with Gasteiger partial charge in [0.25, 0.3) is 0 Å². The second-order valence-corrected chi connectivity index (χ2v) is 6.94. The minimum atomic E-state index is 0.780. The van der Waals surface area contributed by atoms with E-state index in [1.165, 1.54) is 33.4 Å². The van der Waals surface area contributed by atoms with Crippen molar-refractivity contribution in [3.8, 4) is 22.3 Å². The smallest absolute Gasteiger partial charge is 0.0406 e. The molecule has 0 unspecified atom stereocenters. The van der Waals surface area contributed by atoms with Crippen LogP contribution in [0.5, 0.6) is 0 Å². The summed E-state index contributed by atoms with van der Waals surface area (Å²) in [6, 6.07) is 35.2. The number of hydrogen-bond donors (Lipinski definition) is 0. The van der Waals surface area contributed by atoms with E-state index in [0.29, 0.717) is 0 Å². The molecular formula is C26H23Cl. The van der Waals surface area contributed by atoms with Gasteiger partial charge in [-0.1, -0.05) is 103 Å². The number of halogens is 1. The molecule has 1 heteroatoms. The predicted molar refractivity (Wildman–Crippen MR) is 118 cm³/mol. The van der Waals surface area contributed by atoms with Crippen LogP contribution in [0.3, 0.4) is 0 Å². The van der Waals surface area contributed by atoms with E-state index in [4.69, 9.17) is 11.6 Å². The molecular weight excluding hydrogens is 348 g/mol. The highest BCUT2D eigenvalue weighted by Crippen LogP contribution is 2.24. The van der Waals surface area contributed by atoms with E-state index in [-0.39, 0.29) is 0 Å². The van der Waals surface area contributed by atoms with Crippen LogP contribution in [-0.4, -0.2) is 0 Å². The van der Waals surface area contributed by atoms with Crippen LogP contribution in [0, 0.1) is 13.8 Å². The molecule has 134 valence electrons. The quantitative estimate of drug-likeness (QED) is 0.335. The Morgan fingerprint density at radius 1 is 0.444 bits per heavy atom. The van der Waals surface area contributed by atoms with E-state index in [2.05, 4.69) is 86.6 Å². The topological polar surface area (TPSA) is 0 Å². The molecule has 0 saturated heterocycles. The zero-order chi connectivity index (χ0) is 19.1. The maximum atomic E-state index is 5.84. The largest absolute Gasteiger partial charge is 0.0843 e. The molecule has 0 radical (unpaired) electrons. The lowest BCUT2D eigenvalue weighted by Gasteiger charge is -2.05. The van der Waals surface area contributed by atoms with E-state index in [9.17, 15) is 0 Å². The second kappa shape index (κ2) is 9.21. The summed E-state index contributed by atoms with van der Waals surface area (Å²) in [6.07, 6.45) is 0. The highest BCUT2D eigenvalue weighted by Gasteiger charge is 2.00. The van der Waals surface area contributed by atoms with Gasteiger partial charge < -0.3 is 0 Å². The third kappa shape index (κ3) is 5.09. The van der Waals surface area contributed by atoms with Crippen LogP contribution < -0.4 is 0 Å². The van der Waals surface area contributed by atoms with E-state index in [1.807, 2.05) is 30.3 Å². The lowest BCUT2D eigenvalue weighted by atomic mass is 10.0. The Morgan fingerprint density at radius 2 is 0.852 bits per heavy atom. The van der Waals surface area contributed by atoms with E-state index < -0.39 is 0 Å². The first-order valence-electron chi connectivity index (χ1n) is 9.08. The zero-order valence-corrected chi connectivity index (χ0v) is 16.4. The van der Waals surface area contributed by atoms with Crippen molar-refractivity contribution in [3.63, 3.8) is 0 Å². The van der Waals surface area contributed by atoms with Gasteiger partial charge in [0.1, 0.15) is 0 Å². The Labute approximate surface area is 167 Å². The van der Waals surface area contributed by atoms with Crippen LogP contribution >= 0.6 is 11.6 Å². The third-order valence-electron chi connectivity index (χ3n) is 4.53. The van der Waals surface area contributed by atoms with Crippen LogP contribution in [0.1, 0.15) is 11.1 Å². The summed E-state index contributed by atoms with van der Waals surface area (Å²) in [5.41, 5.74) is 7.71. The summed E-state index contributed by atoms with van der Waals surface area (Å²) in [6.45, 7) is 4.26. The third-order valence-corrected chi connectivity index (χ3v) is 4.78. The molecule has 0 saturated carbocycles. The van der Waals surface area contributed by atoms with E-state index in [0.717, 1.165) is 5.02 Å². The van der Waals surface area contributed by atoms with Crippen molar-refractivity contribution in [2.75, 3.05) is 0 Å². The van der Waals surface area contributed by atoms with Gasteiger partial charge in [0, 0.05) is 5.02 Å². The Morgan fingerprint density at radius 3 is 1.33 bits per heavy atom. The molecule has 0 nitrogen and oxygen atoms in total. The van der Waals surface area contributed by atoms with Gasteiger partial charge in [-0.3, -0.25) is 0 Å². The number of aryl methyl sites for hydroxylation is 2. The lowest BCUT2D eigenvalue weighted by molar-refractivity contribution is 1.46. The van der Waals surface area contributed by atoms with Gasteiger partial charge in [0.05, 0.1) is 0 Å². The summed E-state index contributed by atoms with van der Waals surface area (Å²) in [4.78, 5) is 0. The summed E-state index contributed by atoms with van der Waals surface area (Å²) < 4.78 is 0. The molecule has 0 spiro atoms. The molecule has 4 aromatic rings. The molecule has 0 atom stereocenters. The molecule has 0 aliphatic rings. The predicted octanol–water partition coefficient (Wildman–Crippen LogP) is 7.98. The van der Waals surface area contributed by atoms with Crippen molar-refractivity contribution in [2.45, 2.75) is 13.8 Å². The maximum Gasteiger partial charge on any atom is 0.0406 e. The van der Waals surface area contributed by atoms with Gasteiger partial charge in [0.15, 0.2) is 0 Å². The first-order valence-corrected chi connectivity index (χ1v) is 9.45. The Bertz CT molecular complexity index is 986. The Balaban J connectivity index is 0.000000156. The fourth-order valence-electron chi connectivity index (χ4n) is 3.04. The fourth-order valence-corrected chi connectivity index (χ4v) is 3.17. The zero-order valence-electron chi connectivity index (χ0n) is 15.7. The Hall–Kier alpha value is -2.83. The van der Waals surface area contributed by atoms with Gasteiger partial charge in [-0.05, 0) is 59.4 Å². The van der Waals surface area contributed by atoms with Crippen LogP contribution in [0.25, 0.3) is 22.3 Å². The molecule has 0 bridgehead atoms. The summed E-state index contributed by atoms with van der Waals surface area (Å²) in [5, 5.41) is 0.780. The normalized spacial score (nSPS) is 10.0. The molecule has 0 N–H and O–H groups in total. The molecule has 0 aliphatic heterocycles. The molecule has 0 heterocycles. The van der Waals surface area contributed by atoms with Gasteiger partial charge in [0.2, 0.25) is 0 Å². The van der Waals surface area contributed by atoms with Crippen LogP contribution in [-0.2, 0) is 0 Å². The van der Waals surface area contributed by atoms with Crippen molar-refractivity contribution >= 4 is 11.6 Å². The van der Waals surface area contributed by atoms with Crippen molar-refractivity contribution in [1.82, 2.24) is 0 Å². The van der Waals surface area contributed by atoms with Gasteiger partial charge >= 0.3 is 0 Å². The molecule has 4 aromatic carbocycles. The van der Waals surface area contributed by atoms with E-state index >= 15 is 0 Å². The van der Waals surface area contributed by atoms with E-state index in [1.54, 1.807) is 0 Å².